The number of pyridine rings is 1. The number of aromatic nitrogens is 1. The number of hydrogen-bond donors (Lipinski definition) is 1. The van der Waals surface area contributed by atoms with Crippen molar-refractivity contribution in [3.05, 3.63) is 42.1 Å². The van der Waals surface area contributed by atoms with Crippen LogP contribution < -0.4 is 24.4 Å². The number of hydrogen-bond acceptors (Lipinski definition) is 6. The van der Waals surface area contributed by atoms with Crippen LogP contribution in [-0.2, 0) is 0 Å². The van der Waals surface area contributed by atoms with Gasteiger partial charge in [-0.3, -0.25) is 4.79 Å². The fourth-order valence-corrected chi connectivity index (χ4v) is 3.42. The van der Waals surface area contributed by atoms with Crippen molar-refractivity contribution >= 4 is 11.7 Å². The van der Waals surface area contributed by atoms with Crippen LogP contribution in [0.25, 0.3) is 0 Å². The summed E-state index contributed by atoms with van der Waals surface area (Å²) >= 11 is 0. The Morgan fingerprint density at radius 1 is 1.10 bits per heavy atom. The topological polar surface area (TPSA) is 72.9 Å². The summed E-state index contributed by atoms with van der Waals surface area (Å²) in [7, 11) is 0. The minimum Gasteiger partial charge on any atom is -0.490 e. The minimum atomic E-state index is -0.150. The number of ether oxygens (including phenoxy) is 3. The molecule has 7 heteroatoms. The lowest BCUT2D eigenvalue weighted by atomic mass is 10.1. The van der Waals surface area contributed by atoms with E-state index >= 15 is 0 Å². The van der Waals surface area contributed by atoms with Gasteiger partial charge >= 0.3 is 0 Å². The molecule has 1 fully saturated rings. The number of nitrogens with one attached hydrogen (secondary N) is 1. The summed E-state index contributed by atoms with van der Waals surface area (Å²) < 4.78 is 17.1. The van der Waals surface area contributed by atoms with Gasteiger partial charge in [0, 0.05) is 30.9 Å². The van der Waals surface area contributed by atoms with E-state index in [1.807, 2.05) is 39.0 Å². The van der Waals surface area contributed by atoms with Gasteiger partial charge in [0.15, 0.2) is 11.5 Å². The summed E-state index contributed by atoms with van der Waals surface area (Å²) in [4.78, 5) is 19.5. The second-order valence-corrected chi connectivity index (χ2v) is 6.69. The first kappa shape index (κ1) is 20.8. The van der Waals surface area contributed by atoms with Crippen molar-refractivity contribution in [2.45, 2.75) is 33.2 Å². The van der Waals surface area contributed by atoms with E-state index in [1.54, 1.807) is 18.3 Å². The Balaban J connectivity index is 1.74. The van der Waals surface area contributed by atoms with Crippen LogP contribution in [0.4, 0.5) is 5.82 Å². The number of nitrogens with zero attached hydrogens (tertiary/aromatic N) is 2. The van der Waals surface area contributed by atoms with Gasteiger partial charge < -0.3 is 24.4 Å². The zero-order valence-corrected chi connectivity index (χ0v) is 17.3. The quantitative estimate of drug-likeness (QED) is 0.698. The maximum Gasteiger partial charge on any atom is 0.251 e. The van der Waals surface area contributed by atoms with E-state index < -0.39 is 0 Å². The highest BCUT2D eigenvalue weighted by molar-refractivity contribution is 5.96. The van der Waals surface area contributed by atoms with Gasteiger partial charge in [-0.15, -0.1) is 0 Å². The molecule has 0 bridgehead atoms. The van der Waals surface area contributed by atoms with Crippen molar-refractivity contribution < 1.29 is 19.0 Å². The van der Waals surface area contributed by atoms with E-state index in [0.29, 0.717) is 42.6 Å². The smallest absolute Gasteiger partial charge is 0.251 e. The van der Waals surface area contributed by atoms with Gasteiger partial charge in [0.05, 0.1) is 19.8 Å². The molecule has 3 rings (SSSR count). The first-order valence-corrected chi connectivity index (χ1v) is 10.2. The van der Waals surface area contributed by atoms with E-state index in [-0.39, 0.29) is 11.9 Å². The largest absolute Gasteiger partial charge is 0.490 e. The molecule has 1 aliphatic rings. The van der Waals surface area contributed by atoms with Crippen LogP contribution in [0.5, 0.6) is 17.2 Å². The van der Waals surface area contributed by atoms with E-state index in [0.717, 1.165) is 25.3 Å². The fraction of sp³-hybridized carbons (Fsp3) is 0.455. The van der Waals surface area contributed by atoms with Crippen molar-refractivity contribution in [2.24, 2.45) is 0 Å². The summed E-state index contributed by atoms with van der Waals surface area (Å²) in [6.45, 7) is 8.71. The second-order valence-electron chi connectivity index (χ2n) is 6.69. The van der Waals surface area contributed by atoms with E-state index in [4.69, 9.17) is 14.2 Å². The van der Waals surface area contributed by atoms with E-state index in [1.165, 1.54) is 0 Å². The molecule has 2 aromatic rings. The van der Waals surface area contributed by atoms with Crippen LogP contribution in [0.15, 0.2) is 36.5 Å². The second kappa shape index (κ2) is 10.0. The predicted octanol–water partition coefficient (Wildman–Crippen LogP) is 3.29. The molecule has 0 aliphatic carbocycles. The van der Waals surface area contributed by atoms with Crippen LogP contribution in [-0.4, -0.2) is 49.8 Å². The highest BCUT2D eigenvalue weighted by atomic mass is 16.5. The summed E-state index contributed by atoms with van der Waals surface area (Å²) in [5, 5.41) is 3.12. The molecule has 1 aliphatic heterocycles. The average molecular weight is 399 g/mol. The van der Waals surface area contributed by atoms with Crippen LogP contribution in [0.3, 0.4) is 0 Å². The summed E-state index contributed by atoms with van der Waals surface area (Å²) in [6.07, 6.45) is 2.65. The molecule has 1 N–H and O–H groups in total. The van der Waals surface area contributed by atoms with Crippen molar-refractivity contribution in [1.82, 2.24) is 10.3 Å². The highest BCUT2D eigenvalue weighted by Crippen LogP contribution is 2.39. The Morgan fingerprint density at radius 3 is 2.38 bits per heavy atom. The normalized spacial score (nSPS) is 15.8. The Hall–Kier alpha value is -2.96. The third-order valence-electron chi connectivity index (χ3n) is 4.67. The molecular formula is C22H29N3O4. The molecule has 0 radical (unpaired) electrons. The lowest BCUT2D eigenvalue weighted by Gasteiger charge is -2.19. The molecular weight excluding hydrogens is 370 g/mol. The predicted molar refractivity (Wildman–Crippen MR) is 112 cm³/mol. The maximum absolute atomic E-state index is 12.9. The lowest BCUT2D eigenvalue weighted by molar-refractivity contribution is 0.0939. The Bertz CT molecular complexity index is 786. The molecule has 0 saturated carbocycles. The van der Waals surface area contributed by atoms with Gasteiger partial charge in [0.25, 0.3) is 5.91 Å². The van der Waals surface area contributed by atoms with Crippen LogP contribution in [0.1, 0.15) is 37.6 Å². The van der Waals surface area contributed by atoms with Gasteiger partial charge in [-0.05, 0) is 51.5 Å². The molecule has 1 atom stereocenters. The van der Waals surface area contributed by atoms with Crippen LogP contribution in [0, 0.1) is 0 Å². The van der Waals surface area contributed by atoms with Crippen molar-refractivity contribution in [3.63, 3.8) is 0 Å². The van der Waals surface area contributed by atoms with Gasteiger partial charge in [-0.25, -0.2) is 4.98 Å². The molecule has 1 aromatic carbocycles. The Labute approximate surface area is 172 Å². The molecule has 1 amide bonds. The molecule has 2 heterocycles. The number of amides is 1. The summed E-state index contributed by atoms with van der Waals surface area (Å²) in [5.41, 5.74) is 0.497. The first-order valence-electron chi connectivity index (χ1n) is 10.2. The summed E-state index contributed by atoms with van der Waals surface area (Å²) in [6, 6.07) is 9.35. The Morgan fingerprint density at radius 2 is 1.79 bits per heavy atom. The highest BCUT2D eigenvalue weighted by Gasteiger charge is 2.26. The number of rotatable bonds is 9. The van der Waals surface area contributed by atoms with Crippen LogP contribution in [0.2, 0.25) is 0 Å². The third kappa shape index (κ3) is 5.10. The standard InChI is InChI=1S/C22H29N3O4/c1-4-27-18-13-16(14-19(28-5-2)21(18)29-6-3)22(26)24-17-10-12-25(15-17)20-9-7-8-11-23-20/h7-9,11,13-14,17H,4-6,10,12,15H2,1-3H3,(H,24,26)/t17-/m0/s1. The maximum atomic E-state index is 12.9. The van der Waals surface area contributed by atoms with Gasteiger partial charge in [-0.1, -0.05) is 6.07 Å². The SMILES string of the molecule is CCOc1cc(C(=O)N[C@H]2CCN(c3ccccn3)C2)cc(OCC)c1OCC. The van der Waals surface area contributed by atoms with Gasteiger partial charge in [-0.2, -0.15) is 0 Å². The lowest BCUT2D eigenvalue weighted by Crippen LogP contribution is -2.37. The van der Waals surface area contributed by atoms with Crippen molar-refractivity contribution in [3.8, 4) is 17.2 Å². The van der Waals surface area contributed by atoms with Crippen molar-refractivity contribution in [1.29, 1.82) is 0 Å². The van der Waals surface area contributed by atoms with E-state index in [9.17, 15) is 4.79 Å². The third-order valence-corrected chi connectivity index (χ3v) is 4.67. The minimum absolute atomic E-state index is 0.0576. The zero-order chi connectivity index (χ0) is 20.6. The molecule has 1 saturated heterocycles. The number of carbonyl (C=O) groups excluding carboxylic acids is 1. The van der Waals surface area contributed by atoms with Gasteiger partial charge in [0.2, 0.25) is 5.75 Å². The molecule has 29 heavy (non-hydrogen) atoms. The van der Waals surface area contributed by atoms with Crippen molar-refractivity contribution in [2.75, 3.05) is 37.8 Å². The number of carbonyl (C=O) groups is 1. The first-order chi connectivity index (χ1) is 14.2. The molecule has 1 aromatic heterocycles. The molecule has 156 valence electrons. The number of benzene rings is 1. The summed E-state index contributed by atoms with van der Waals surface area (Å²) in [5.74, 6) is 2.36. The van der Waals surface area contributed by atoms with Gasteiger partial charge in [0.1, 0.15) is 5.82 Å². The fourth-order valence-electron chi connectivity index (χ4n) is 3.42. The average Bonchev–Trinajstić information content (AvgIpc) is 3.19. The molecule has 0 unspecified atom stereocenters. The molecule has 7 nitrogen and oxygen atoms in total. The zero-order valence-electron chi connectivity index (χ0n) is 17.3. The van der Waals surface area contributed by atoms with E-state index in [2.05, 4.69) is 15.2 Å². The number of anilines is 1. The molecule has 0 spiro atoms. The monoisotopic (exact) mass is 399 g/mol. The Kier molecular flexibility index (Phi) is 7.16. The van der Waals surface area contributed by atoms with Crippen LogP contribution >= 0.6 is 0 Å².